The highest BCUT2D eigenvalue weighted by atomic mass is 16.5. The van der Waals surface area contributed by atoms with Gasteiger partial charge in [0.1, 0.15) is 11.8 Å². The molecular formula is C27H41N3O4. The Morgan fingerprint density at radius 1 is 1.29 bits per heavy atom. The number of nitrogens with one attached hydrogen (secondary N) is 1. The number of aliphatic hydroxyl groups excluding tert-OH is 1. The van der Waals surface area contributed by atoms with Crippen molar-refractivity contribution in [3.8, 4) is 5.75 Å². The number of benzene rings is 1. The van der Waals surface area contributed by atoms with Gasteiger partial charge in [-0.3, -0.25) is 9.59 Å². The summed E-state index contributed by atoms with van der Waals surface area (Å²) in [5.41, 5.74) is 0.967. The number of amides is 1. The minimum absolute atomic E-state index is 0.0278. The van der Waals surface area contributed by atoms with E-state index >= 15 is 0 Å². The Kier molecular flexibility index (Phi) is 8.06. The molecule has 7 heteroatoms. The number of carbonyl (C=O) groups excluding carboxylic acids is 2. The topological polar surface area (TPSA) is 93.5 Å². The molecule has 1 unspecified atom stereocenters. The van der Waals surface area contributed by atoms with E-state index in [1.165, 1.54) is 0 Å². The van der Waals surface area contributed by atoms with Crippen LogP contribution < -0.4 is 10.1 Å². The maximum absolute atomic E-state index is 13.9. The van der Waals surface area contributed by atoms with Crippen molar-refractivity contribution in [1.82, 2.24) is 14.9 Å². The number of hydrogen-bond acceptors (Lipinski definition) is 5. The quantitative estimate of drug-likeness (QED) is 0.506. The van der Waals surface area contributed by atoms with Crippen LogP contribution in [0.4, 0.5) is 0 Å². The zero-order chi connectivity index (χ0) is 25.1. The SMILES string of the molecule is CCC(C(=O)NCCC(C)(C)C)n1c(C(=O)C2(C)CCC(CO)CC2)nc2ccc(OC)cc21. The van der Waals surface area contributed by atoms with Gasteiger partial charge in [0, 0.05) is 24.6 Å². The van der Waals surface area contributed by atoms with E-state index < -0.39 is 11.5 Å². The predicted octanol–water partition coefficient (Wildman–Crippen LogP) is 4.92. The standard InChI is InChI=1S/C27H41N3O4/c1-7-21(25(33)28-15-14-26(2,3)4)30-22-16-19(34-6)8-9-20(22)29-24(30)23(32)27(5)12-10-18(17-31)11-13-27/h8-9,16,18,21,31H,7,10-15,17H2,1-6H3,(H,28,33). The van der Waals surface area contributed by atoms with Crippen molar-refractivity contribution in [3.63, 3.8) is 0 Å². The summed E-state index contributed by atoms with van der Waals surface area (Å²) in [6, 6.07) is 4.98. The minimum atomic E-state index is -0.560. The number of ether oxygens (including phenoxy) is 1. The number of fused-ring (bicyclic) bond motifs is 1. The molecule has 0 saturated heterocycles. The maximum Gasteiger partial charge on any atom is 0.243 e. The number of imidazole rings is 1. The lowest BCUT2D eigenvalue weighted by Crippen LogP contribution is -2.38. The number of hydrogen-bond donors (Lipinski definition) is 2. The van der Waals surface area contributed by atoms with Gasteiger partial charge in [0.15, 0.2) is 5.82 Å². The van der Waals surface area contributed by atoms with Crippen molar-refractivity contribution in [2.24, 2.45) is 16.7 Å². The molecular weight excluding hydrogens is 430 g/mol. The third-order valence-electron chi connectivity index (χ3n) is 7.29. The predicted molar refractivity (Wildman–Crippen MR) is 134 cm³/mol. The van der Waals surface area contributed by atoms with Crippen LogP contribution in [0.2, 0.25) is 0 Å². The van der Waals surface area contributed by atoms with Crippen molar-refractivity contribution in [3.05, 3.63) is 24.0 Å². The zero-order valence-corrected chi connectivity index (χ0v) is 21.6. The van der Waals surface area contributed by atoms with Gasteiger partial charge in [0.25, 0.3) is 0 Å². The summed E-state index contributed by atoms with van der Waals surface area (Å²) in [6.07, 6.45) is 4.45. The first-order valence-corrected chi connectivity index (χ1v) is 12.5. The summed E-state index contributed by atoms with van der Waals surface area (Å²) >= 11 is 0. The number of Topliss-reactive ketones (excluding diaryl/α,β-unsaturated/α-hetero) is 1. The lowest BCUT2D eigenvalue weighted by Gasteiger charge is -2.35. The number of methoxy groups -OCH3 is 1. The van der Waals surface area contributed by atoms with Gasteiger partial charge < -0.3 is 19.7 Å². The van der Waals surface area contributed by atoms with Gasteiger partial charge in [-0.05, 0) is 62.0 Å². The second-order valence-electron chi connectivity index (χ2n) is 11.2. The Morgan fingerprint density at radius 2 is 1.97 bits per heavy atom. The Labute approximate surface area is 203 Å². The van der Waals surface area contributed by atoms with Crippen LogP contribution in [-0.2, 0) is 4.79 Å². The number of ketones is 1. The van der Waals surface area contributed by atoms with E-state index in [0.717, 1.165) is 24.8 Å². The molecule has 188 valence electrons. The highest BCUT2D eigenvalue weighted by Gasteiger charge is 2.41. The van der Waals surface area contributed by atoms with Gasteiger partial charge in [-0.1, -0.05) is 34.6 Å². The number of aromatic nitrogens is 2. The molecule has 1 heterocycles. The summed E-state index contributed by atoms with van der Waals surface area (Å²) in [4.78, 5) is 32.0. The van der Waals surface area contributed by atoms with Gasteiger partial charge in [0.2, 0.25) is 11.7 Å². The number of nitrogens with zero attached hydrogens (tertiary/aromatic N) is 2. The van der Waals surface area contributed by atoms with Crippen LogP contribution in [0.3, 0.4) is 0 Å². The van der Waals surface area contributed by atoms with Crippen LogP contribution in [0.15, 0.2) is 18.2 Å². The first-order chi connectivity index (χ1) is 16.0. The summed E-state index contributed by atoms with van der Waals surface area (Å²) in [5, 5.41) is 12.6. The van der Waals surface area contributed by atoms with Gasteiger partial charge in [-0.15, -0.1) is 0 Å². The molecule has 1 atom stereocenters. The second kappa shape index (κ2) is 10.5. The third kappa shape index (κ3) is 5.62. The summed E-state index contributed by atoms with van der Waals surface area (Å²) in [7, 11) is 1.60. The van der Waals surface area contributed by atoms with Crippen LogP contribution in [0.5, 0.6) is 5.75 Å². The van der Waals surface area contributed by atoms with E-state index in [9.17, 15) is 14.7 Å². The molecule has 0 aliphatic heterocycles. The normalized spacial score (nSPS) is 21.9. The molecule has 1 aliphatic rings. The van der Waals surface area contributed by atoms with Crippen LogP contribution in [0.25, 0.3) is 11.0 Å². The van der Waals surface area contributed by atoms with Crippen LogP contribution in [0.1, 0.15) is 89.8 Å². The van der Waals surface area contributed by atoms with E-state index in [1.807, 2.05) is 36.6 Å². The van der Waals surface area contributed by atoms with Crippen LogP contribution >= 0.6 is 0 Å². The van der Waals surface area contributed by atoms with E-state index in [-0.39, 0.29) is 29.6 Å². The third-order valence-corrected chi connectivity index (χ3v) is 7.29. The molecule has 0 radical (unpaired) electrons. The van der Waals surface area contributed by atoms with Crippen LogP contribution in [0, 0.1) is 16.7 Å². The van der Waals surface area contributed by atoms with Crippen molar-refractivity contribution >= 4 is 22.7 Å². The summed E-state index contributed by atoms with van der Waals surface area (Å²) < 4.78 is 7.26. The smallest absolute Gasteiger partial charge is 0.243 e. The maximum atomic E-state index is 13.9. The molecule has 1 fully saturated rings. The fourth-order valence-electron chi connectivity index (χ4n) is 4.83. The van der Waals surface area contributed by atoms with E-state index in [0.29, 0.717) is 42.9 Å². The molecule has 0 bridgehead atoms. The first-order valence-electron chi connectivity index (χ1n) is 12.5. The molecule has 1 aliphatic carbocycles. The largest absolute Gasteiger partial charge is 0.497 e. The highest BCUT2D eigenvalue weighted by molar-refractivity contribution is 6.01. The van der Waals surface area contributed by atoms with Crippen molar-refractivity contribution in [1.29, 1.82) is 0 Å². The van der Waals surface area contributed by atoms with Crippen molar-refractivity contribution in [2.45, 2.75) is 79.2 Å². The lowest BCUT2D eigenvalue weighted by molar-refractivity contribution is -0.124. The van der Waals surface area contributed by atoms with E-state index in [1.54, 1.807) is 7.11 Å². The average Bonchev–Trinajstić information content (AvgIpc) is 3.17. The highest BCUT2D eigenvalue weighted by Crippen LogP contribution is 2.42. The van der Waals surface area contributed by atoms with Gasteiger partial charge >= 0.3 is 0 Å². The van der Waals surface area contributed by atoms with E-state index in [4.69, 9.17) is 9.72 Å². The Morgan fingerprint density at radius 3 is 2.53 bits per heavy atom. The van der Waals surface area contributed by atoms with Gasteiger partial charge in [0.05, 0.1) is 18.1 Å². The monoisotopic (exact) mass is 471 g/mol. The molecule has 7 nitrogen and oxygen atoms in total. The van der Waals surface area contributed by atoms with Gasteiger partial charge in [-0.25, -0.2) is 4.98 Å². The molecule has 3 rings (SSSR count). The molecule has 34 heavy (non-hydrogen) atoms. The summed E-state index contributed by atoms with van der Waals surface area (Å²) in [6.45, 7) is 11.1. The number of carbonyl (C=O) groups is 2. The Hall–Kier alpha value is -2.41. The average molecular weight is 472 g/mol. The van der Waals surface area contributed by atoms with E-state index in [2.05, 4.69) is 26.1 Å². The molecule has 2 N–H and O–H groups in total. The van der Waals surface area contributed by atoms with Crippen molar-refractivity contribution < 1.29 is 19.4 Å². The number of aliphatic hydroxyl groups is 1. The molecule has 2 aromatic rings. The van der Waals surface area contributed by atoms with Crippen LogP contribution in [-0.4, -0.2) is 46.6 Å². The molecule has 1 amide bonds. The fourth-order valence-corrected chi connectivity index (χ4v) is 4.83. The fraction of sp³-hybridized carbons (Fsp3) is 0.667. The minimum Gasteiger partial charge on any atom is -0.497 e. The first kappa shape index (κ1) is 26.2. The number of rotatable bonds is 9. The van der Waals surface area contributed by atoms with Crippen molar-refractivity contribution in [2.75, 3.05) is 20.3 Å². The zero-order valence-electron chi connectivity index (χ0n) is 21.6. The second-order valence-corrected chi connectivity index (χ2v) is 11.2. The molecule has 1 saturated carbocycles. The molecule has 0 spiro atoms. The Balaban J connectivity index is 2.01. The molecule has 1 aromatic heterocycles. The van der Waals surface area contributed by atoms with Gasteiger partial charge in [-0.2, -0.15) is 0 Å². The lowest BCUT2D eigenvalue weighted by atomic mass is 9.69. The molecule has 1 aromatic carbocycles. The summed E-state index contributed by atoms with van der Waals surface area (Å²) in [5.74, 6) is 1.12. The Bertz CT molecular complexity index is 1010.